The number of aromatic nitrogens is 2. The molecule has 2 bridgehead atoms. The average Bonchev–Trinajstić information content (AvgIpc) is 3.79. The Balaban J connectivity index is 0.969. The number of fused-ring (bicyclic) bond motifs is 3. The second-order valence-corrected chi connectivity index (χ2v) is 14.2. The van der Waals surface area contributed by atoms with Gasteiger partial charge in [0, 0.05) is 37.3 Å². The molecular formula is C39H45N5O2. The van der Waals surface area contributed by atoms with Crippen molar-refractivity contribution >= 4 is 22.8 Å². The van der Waals surface area contributed by atoms with E-state index in [4.69, 9.17) is 4.98 Å². The van der Waals surface area contributed by atoms with Crippen LogP contribution in [0.2, 0.25) is 0 Å². The third-order valence-electron chi connectivity index (χ3n) is 11.6. The molecule has 1 aliphatic carbocycles. The van der Waals surface area contributed by atoms with E-state index in [0.29, 0.717) is 42.3 Å². The number of imidazole rings is 1. The van der Waals surface area contributed by atoms with Crippen LogP contribution in [-0.4, -0.2) is 68.9 Å². The SMILES string of the molecule is Cc1nc2ccccc2n1C1CC2CCC(C1)N2CCC1(c2ccccc2)CCN(C(=O)c2ccccc2C(=O)NC2CC2)CC1. The molecule has 0 spiro atoms. The van der Waals surface area contributed by atoms with Gasteiger partial charge in [0.1, 0.15) is 5.82 Å². The Hall–Kier alpha value is -3.97. The van der Waals surface area contributed by atoms with Gasteiger partial charge >= 0.3 is 0 Å². The van der Waals surface area contributed by atoms with Crippen LogP contribution in [0.1, 0.15) is 95.9 Å². The molecular weight excluding hydrogens is 570 g/mol. The van der Waals surface area contributed by atoms with E-state index >= 15 is 0 Å². The minimum Gasteiger partial charge on any atom is -0.349 e. The first kappa shape index (κ1) is 29.4. The summed E-state index contributed by atoms with van der Waals surface area (Å²) in [6, 6.07) is 28.9. The Morgan fingerprint density at radius 2 is 1.46 bits per heavy atom. The maximum absolute atomic E-state index is 13.8. The summed E-state index contributed by atoms with van der Waals surface area (Å²) in [5.41, 5.74) is 4.83. The quantitative estimate of drug-likeness (QED) is 0.240. The van der Waals surface area contributed by atoms with Crippen LogP contribution in [0.5, 0.6) is 0 Å². The van der Waals surface area contributed by atoms with Crippen molar-refractivity contribution in [2.75, 3.05) is 19.6 Å². The normalized spacial score (nSPS) is 24.3. The smallest absolute Gasteiger partial charge is 0.254 e. The van der Waals surface area contributed by atoms with Gasteiger partial charge in [-0.25, -0.2) is 4.98 Å². The van der Waals surface area contributed by atoms with E-state index in [9.17, 15) is 9.59 Å². The van der Waals surface area contributed by atoms with Gasteiger partial charge in [-0.3, -0.25) is 14.5 Å². The monoisotopic (exact) mass is 615 g/mol. The lowest BCUT2D eigenvalue weighted by molar-refractivity contribution is 0.0603. The van der Waals surface area contributed by atoms with E-state index in [0.717, 1.165) is 50.0 Å². The number of carbonyl (C=O) groups excluding carboxylic acids is 2. The van der Waals surface area contributed by atoms with E-state index in [1.807, 2.05) is 23.1 Å². The van der Waals surface area contributed by atoms with Gasteiger partial charge in [0.15, 0.2) is 0 Å². The van der Waals surface area contributed by atoms with E-state index in [1.54, 1.807) is 6.07 Å². The van der Waals surface area contributed by atoms with Gasteiger partial charge in [-0.2, -0.15) is 0 Å². The Bertz CT molecular complexity index is 1720. The van der Waals surface area contributed by atoms with Crippen LogP contribution < -0.4 is 5.32 Å². The highest BCUT2D eigenvalue weighted by atomic mass is 16.2. The van der Waals surface area contributed by atoms with Crippen molar-refractivity contribution in [3.05, 3.63) is 101 Å². The van der Waals surface area contributed by atoms with Crippen LogP contribution in [0.4, 0.5) is 0 Å². The van der Waals surface area contributed by atoms with Crippen LogP contribution >= 0.6 is 0 Å². The molecule has 2 amide bonds. The number of piperidine rings is 2. The molecule has 1 N–H and O–H groups in total. The van der Waals surface area contributed by atoms with Crippen LogP contribution in [0, 0.1) is 6.92 Å². The summed E-state index contributed by atoms with van der Waals surface area (Å²) in [6.07, 6.45) is 9.95. The Morgan fingerprint density at radius 3 is 2.17 bits per heavy atom. The molecule has 1 aromatic heterocycles. The molecule has 0 radical (unpaired) electrons. The van der Waals surface area contributed by atoms with Crippen molar-refractivity contribution in [1.82, 2.24) is 24.7 Å². The fourth-order valence-electron chi connectivity index (χ4n) is 8.93. The van der Waals surface area contributed by atoms with Gasteiger partial charge in [-0.15, -0.1) is 0 Å². The van der Waals surface area contributed by atoms with E-state index in [1.165, 1.54) is 36.8 Å². The molecule has 3 aromatic carbocycles. The number of benzene rings is 3. The summed E-state index contributed by atoms with van der Waals surface area (Å²) in [5, 5.41) is 3.07. The number of carbonyl (C=O) groups is 2. The number of amides is 2. The number of aryl methyl sites for hydroxylation is 1. The van der Waals surface area contributed by atoms with Crippen LogP contribution in [0.15, 0.2) is 78.9 Å². The lowest BCUT2D eigenvalue weighted by Crippen LogP contribution is -2.49. The predicted molar refractivity (Wildman–Crippen MR) is 181 cm³/mol. The van der Waals surface area contributed by atoms with Crippen molar-refractivity contribution in [2.45, 2.75) is 94.3 Å². The van der Waals surface area contributed by atoms with Gasteiger partial charge in [-0.1, -0.05) is 54.6 Å². The van der Waals surface area contributed by atoms with Crippen molar-refractivity contribution in [3.8, 4) is 0 Å². The molecule has 3 saturated heterocycles. The van der Waals surface area contributed by atoms with Crippen molar-refractivity contribution < 1.29 is 9.59 Å². The van der Waals surface area contributed by atoms with Crippen LogP contribution in [-0.2, 0) is 5.41 Å². The van der Waals surface area contributed by atoms with Gasteiger partial charge < -0.3 is 14.8 Å². The molecule has 2 unspecified atom stereocenters. The summed E-state index contributed by atoms with van der Waals surface area (Å²) in [7, 11) is 0. The second kappa shape index (κ2) is 12.0. The number of nitrogens with zero attached hydrogens (tertiary/aromatic N) is 4. The first-order chi connectivity index (χ1) is 22.5. The molecule has 7 nitrogen and oxygen atoms in total. The van der Waals surface area contributed by atoms with Crippen LogP contribution in [0.3, 0.4) is 0 Å². The third-order valence-corrected chi connectivity index (χ3v) is 11.6. The number of likely N-dealkylation sites (tertiary alicyclic amines) is 1. The average molecular weight is 616 g/mol. The van der Waals surface area contributed by atoms with Crippen molar-refractivity contribution in [3.63, 3.8) is 0 Å². The van der Waals surface area contributed by atoms with E-state index < -0.39 is 0 Å². The number of rotatable bonds is 8. The highest BCUT2D eigenvalue weighted by Crippen LogP contribution is 2.45. The third kappa shape index (κ3) is 5.42. The highest BCUT2D eigenvalue weighted by Gasteiger charge is 2.44. The molecule has 7 heteroatoms. The summed E-state index contributed by atoms with van der Waals surface area (Å²) < 4.78 is 2.52. The molecule has 238 valence electrons. The summed E-state index contributed by atoms with van der Waals surface area (Å²) in [4.78, 5) is 36.5. The molecule has 4 aliphatic rings. The molecule has 4 aromatic rings. The van der Waals surface area contributed by atoms with Gasteiger partial charge in [0.2, 0.25) is 0 Å². The Morgan fingerprint density at radius 1 is 0.804 bits per heavy atom. The lowest BCUT2D eigenvalue weighted by Gasteiger charge is -2.45. The number of nitrogens with one attached hydrogen (secondary N) is 1. The summed E-state index contributed by atoms with van der Waals surface area (Å²) in [5.74, 6) is 0.983. The Labute approximate surface area is 272 Å². The topological polar surface area (TPSA) is 70.5 Å². The fraction of sp³-hybridized carbons (Fsp3) is 0.462. The predicted octanol–water partition coefficient (Wildman–Crippen LogP) is 6.67. The van der Waals surface area contributed by atoms with Crippen LogP contribution in [0.25, 0.3) is 11.0 Å². The van der Waals surface area contributed by atoms with Gasteiger partial charge in [0.05, 0.1) is 22.2 Å². The summed E-state index contributed by atoms with van der Waals surface area (Å²) in [6.45, 7) is 4.66. The van der Waals surface area contributed by atoms with Crippen molar-refractivity contribution in [1.29, 1.82) is 0 Å². The lowest BCUT2D eigenvalue weighted by atomic mass is 9.70. The molecule has 3 aliphatic heterocycles. The van der Waals surface area contributed by atoms with E-state index in [-0.39, 0.29) is 23.3 Å². The molecule has 46 heavy (non-hydrogen) atoms. The molecule has 8 rings (SSSR count). The number of hydrogen-bond donors (Lipinski definition) is 1. The zero-order chi connectivity index (χ0) is 31.3. The first-order valence-corrected chi connectivity index (χ1v) is 17.4. The number of para-hydroxylation sites is 2. The zero-order valence-corrected chi connectivity index (χ0v) is 26.9. The maximum Gasteiger partial charge on any atom is 0.254 e. The zero-order valence-electron chi connectivity index (χ0n) is 26.9. The standard InChI is InChI=1S/C39H45N5O2/c1-27-40-35-13-7-8-14-36(35)44(27)32-25-30-17-18-31(26-32)43(30)24-21-39(28-9-3-2-4-10-28)19-22-42(23-20-39)38(46)34-12-6-5-11-33(34)37(45)41-29-15-16-29/h2-14,29-32H,15-26H2,1H3,(H,41,45). The molecule has 1 saturated carbocycles. The van der Waals surface area contributed by atoms with E-state index in [2.05, 4.69) is 76.3 Å². The summed E-state index contributed by atoms with van der Waals surface area (Å²) >= 11 is 0. The highest BCUT2D eigenvalue weighted by molar-refractivity contribution is 6.07. The first-order valence-electron chi connectivity index (χ1n) is 17.4. The van der Waals surface area contributed by atoms with Gasteiger partial charge in [-0.05, 0) is 106 Å². The maximum atomic E-state index is 13.8. The molecule has 4 heterocycles. The van der Waals surface area contributed by atoms with Gasteiger partial charge in [0.25, 0.3) is 11.8 Å². The van der Waals surface area contributed by atoms with Crippen molar-refractivity contribution in [2.24, 2.45) is 0 Å². The molecule has 2 atom stereocenters. The Kier molecular flexibility index (Phi) is 7.68. The number of hydrogen-bond acceptors (Lipinski definition) is 4. The minimum absolute atomic E-state index is 0.0226. The largest absolute Gasteiger partial charge is 0.349 e. The fourth-order valence-corrected chi connectivity index (χ4v) is 8.93. The minimum atomic E-state index is -0.128. The second-order valence-electron chi connectivity index (χ2n) is 14.2. The molecule has 4 fully saturated rings.